The van der Waals surface area contributed by atoms with Gasteiger partial charge in [-0.2, -0.15) is 0 Å². The van der Waals surface area contributed by atoms with E-state index in [4.69, 9.17) is 14.2 Å². The highest BCUT2D eigenvalue weighted by Crippen LogP contribution is 2.69. The molecule has 190 valence electrons. The summed E-state index contributed by atoms with van der Waals surface area (Å²) in [5, 5.41) is 24.9. The van der Waals surface area contributed by atoms with Crippen molar-refractivity contribution in [2.75, 3.05) is 41.0 Å². The smallest absolute Gasteiger partial charge is 0.177 e. The van der Waals surface area contributed by atoms with Crippen molar-refractivity contribution >= 4 is 15.9 Å². The molecule has 0 spiro atoms. The lowest BCUT2D eigenvalue weighted by Gasteiger charge is -2.41. The van der Waals surface area contributed by atoms with Crippen LogP contribution >= 0.6 is 15.9 Å². The number of fused-ring (bicyclic) bond motifs is 3. The highest BCUT2D eigenvalue weighted by atomic mass is 79.9. The molecule has 0 radical (unpaired) electrons. The van der Waals surface area contributed by atoms with Gasteiger partial charge in [0.2, 0.25) is 0 Å². The zero-order valence-corrected chi connectivity index (χ0v) is 22.2. The van der Waals surface area contributed by atoms with Crippen molar-refractivity contribution in [1.29, 1.82) is 0 Å². The summed E-state index contributed by atoms with van der Waals surface area (Å²) >= 11 is 3.53. The topological polar surface area (TPSA) is 84.3 Å². The van der Waals surface area contributed by atoms with Crippen LogP contribution < -0.4 is 9.47 Å². The average Bonchev–Trinajstić information content (AvgIpc) is 3.26. The number of benzene rings is 2. The first kappa shape index (κ1) is 25.2. The molecule has 1 fully saturated rings. The van der Waals surface area contributed by atoms with Crippen LogP contribution in [-0.4, -0.2) is 67.2 Å². The summed E-state index contributed by atoms with van der Waals surface area (Å²) in [5.74, 6) is 0.0371. The number of ether oxygens (including phenoxy) is 3. The van der Waals surface area contributed by atoms with Crippen molar-refractivity contribution in [3.8, 4) is 11.5 Å². The van der Waals surface area contributed by atoms with Crippen LogP contribution in [0.2, 0.25) is 0 Å². The number of aliphatic hydroxyl groups is 2. The number of hydrogen-bond acceptors (Lipinski definition) is 7. The molecule has 1 aliphatic heterocycles. The van der Waals surface area contributed by atoms with Crippen LogP contribution in [0.15, 0.2) is 71.5 Å². The minimum absolute atomic E-state index is 0.367. The second-order valence-electron chi connectivity index (χ2n) is 9.58. The monoisotopic (exact) mass is 554 g/mol. The summed E-state index contributed by atoms with van der Waals surface area (Å²) in [4.78, 5) is 6.40. The molecule has 0 amide bonds. The summed E-state index contributed by atoms with van der Waals surface area (Å²) in [6, 6.07) is 17.7. The van der Waals surface area contributed by atoms with E-state index < -0.39 is 17.3 Å². The summed E-state index contributed by atoms with van der Waals surface area (Å²) in [7, 11) is 5.20. The van der Waals surface area contributed by atoms with Crippen LogP contribution in [0.1, 0.15) is 22.6 Å². The predicted molar refractivity (Wildman–Crippen MR) is 139 cm³/mol. The Labute approximate surface area is 219 Å². The van der Waals surface area contributed by atoms with Gasteiger partial charge in [0.05, 0.1) is 37.8 Å². The van der Waals surface area contributed by atoms with Crippen LogP contribution in [0.3, 0.4) is 0 Å². The molecule has 7 nitrogen and oxygen atoms in total. The maximum atomic E-state index is 12.8. The van der Waals surface area contributed by atoms with Crippen molar-refractivity contribution in [3.63, 3.8) is 0 Å². The Morgan fingerprint density at radius 2 is 1.81 bits per heavy atom. The van der Waals surface area contributed by atoms with Crippen molar-refractivity contribution in [1.82, 2.24) is 9.88 Å². The van der Waals surface area contributed by atoms with Gasteiger partial charge in [0.15, 0.2) is 11.2 Å². The first-order valence-electron chi connectivity index (χ1n) is 12.0. The number of methoxy groups -OCH3 is 2. The van der Waals surface area contributed by atoms with Gasteiger partial charge >= 0.3 is 0 Å². The molecular formula is C28H31BrN2O5. The lowest BCUT2D eigenvalue weighted by molar-refractivity contribution is -0.152. The molecule has 36 heavy (non-hydrogen) atoms. The number of nitrogens with zero attached hydrogens (tertiary/aromatic N) is 2. The summed E-state index contributed by atoms with van der Waals surface area (Å²) < 4.78 is 18.6. The van der Waals surface area contributed by atoms with E-state index >= 15 is 0 Å². The highest BCUT2D eigenvalue weighted by molar-refractivity contribution is 9.10. The molecule has 8 heteroatoms. The zero-order valence-electron chi connectivity index (χ0n) is 20.6. The molecule has 1 aromatic heterocycles. The number of hydrogen-bond donors (Lipinski definition) is 2. The van der Waals surface area contributed by atoms with Crippen molar-refractivity contribution < 1.29 is 24.4 Å². The van der Waals surface area contributed by atoms with Gasteiger partial charge in [-0.1, -0.05) is 58.4 Å². The van der Waals surface area contributed by atoms with Crippen molar-refractivity contribution in [2.24, 2.45) is 5.92 Å². The minimum Gasteiger partial charge on any atom is -0.495 e. The second kappa shape index (κ2) is 9.76. The fourth-order valence-electron chi connectivity index (χ4n) is 6.13. The fourth-order valence-corrected chi connectivity index (χ4v) is 6.40. The van der Waals surface area contributed by atoms with Crippen LogP contribution in [0.4, 0.5) is 0 Å². The molecule has 0 unspecified atom stereocenters. The van der Waals surface area contributed by atoms with E-state index in [2.05, 4.69) is 25.8 Å². The largest absolute Gasteiger partial charge is 0.495 e. The van der Waals surface area contributed by atoms with Gasteiger partial charge < -0.3 is 29.3 Å². The third-order valence-corrected chi connectivity index (χ3v) is 8.17. The molecule has 1 saturated carbocycles. The van der Waals surface area contributed by atoms with E-state index in [0.717, 1.165) is 15.6 Å². The van der Waals surface area contributed by atoms with Gasteiger partial charge in [0.25, 0.3) is 0 Å². The van der Waals surface area contributed by atoms with Gasteiger partial charge in [-0.3, -0.25) is 4.98 Å². The summed E-state index contributed by atoms with van der Waals surface area (Å²) in [6.45, 7) is 1.78. The Morgan fingerprint density at radius 1 is 1.08 bits per heavy atom. The Hall–Kier alpha value is -2.49. The fraction of sp³-hybridized carbons (Fsp3) is 0.393. The average molecular weight is 555 g/mol. The van der Waals surface area contributed by atoms with Crippen LogP contribution in [0, 0.1) is 5.92 Å². The van der Waals surface area contributed by atoms with Gasteiger partial charge in [-0.05, 0) is 30.3 Å². The Bertz CT molecular complexity index is 1210. The lowest BCUT2D eigenvalue weighted by atomic mass is 9.70. The number of aliphatic hydroxyl groups excluding tert-OH is 1. The van der Waals surface area contributed by atoms with E-state index in [0.29, 0.717) is 36.8 Å². The second-order valence-corrected chi connectivity index (χ2v) is 10.5. The quantitative estimate of drug-likeness (QED) is 0.439. The molecule has 1 aliphatic carbocycles. The third-order valence-electron chi connectivity index (χ3n) is 7.65. The van der Waals surface area contributed by atoms with Crippen LogP contribution in [0.5, 0.6) is 11.5 Å². The molecule has 0 bridgehead atoms. The molecule has 2 N–H and O–H groups in total. The van der Waals surface area contributed by atoms with Gasteiger partial charge in [-0.15, -0.1) is 0 Å². The Kier molecular flexibility index (Phi) is 6.82. The number of aromatic nitrogens is 1. The Balaban J connectivity index is 1.77. The minimum atomic E-state index is -1.79. The van der Waals surface area contributed by atoms with Crippen LogP contribution in [-0.2, 0) is 15.9 Å². The molecule has 0 saturated heterocycles. The molecule has 2 heterocycles. The van der Waals surface area contributed by atoms with E-state index in [1.165, 1.54) is 7.11 Å². The maximum absolute atomic E-state index is 12.8. The number of likely N-dealkylation sites (N-methyl/N-ethyl adjacent to an activating group) is 1. The normalized spacial score (nSPS) is 28.6. The first-order valence-corrected chi connectivity index (χ1v) is 12.8. The SMILES string of the molecule is COCCN(C)C[C@H]1[C@@H](O)[C@@]2(O)c3c(OC)cncc3O[C@@]2(c2ccc(Br)cc2)[C@@H]1c1ccccc1. The molecular weight excluding hydrogens is 524 g/mol. The van der Waals surface area contributed by atoms with Crippen LogP contribution in [0.25, 0.3) is 0 Å². The zero-order chi connectivity index (χ0) is 25.5. The van der Waals surface area contributed by atoms with Crippen molar-refractivity contribution in [3.05, 3.63) is 88.2 Å². The molecule has 2 aliphatic rings. The van der Waals surface area contributed by atoms with Gasteiger partial charge in [-0.25, -0.2) is 0 Å². The molecule has 3 aromatic rings. The van der Waals surface area contributed by atoms with E-state index in [-0.39, 0.29) is 11.8 Å². The molecule has 5 rings (SSSR count). The first-order chi connectivity index (χ1) is 17.4. The summed E-state index contributed by atoms with van der Waals surface area (Å²) in [5.41, 5.74) is -0.947. The number of halogens is 1. The van der Waals surface area contributed by atoms with Crippen molar-refractivity contribution in [2.45, 2.75) is 23.2 Å². The summed E-state index contributed by atoms with van der Waals surface area (Å²) in [6.07, 6.45) is 1.98. The number of rotatable bonds is 8. The maximum Gasteiger partial charge on any atom is 0.177 e. The highest BCUT2D eigenvalue weighted by Gasteiger charge is 2.76. The van der Waals surface area contributed by atoms with E-state index in [1.807, 2.05) is 61.6 Å². The predicted octanol–water partition coefficient (Wildman–Crippen LogP) is 3.68. The molecule has 5 atom stereocenters. The number of pyridine rings is 1. The third kappa shape index (κ3) is 3.66. The van der Waals surface area contributed by atoms with Gasteiger partial charge in [0.1, 0.15) is 11.5 Å². The van der Waals surface area contributed by atoms with Gasteiger partial charge in [0, 0.05) is 36.5 Å². The Morgan fingerprint density at radius 3 is 2.47 bits per heavy atom. The van der Waals surface area contributed by atoms with E-state index in [1.54, 1.807) is 19.5 Å². The standard InChI is InChI=1S/C28H31BrN2O5/c1-31(13-14-34-2)17-21-24(18-7-5-4-6-8-18)28(19-9-11-20(29)12-10-19)27(33,26(21)32)25-22(35-3)15-30-16-23(25)36-28/h4-12,15-16,21,24,26,32-33H,13-14,17H2,1-3H3/t21-,24-,26-,27+,28+/m1/s1. The van der Waals surface area contributed by atoms with E-state index in [9.17, 15) is 10.2 Å². The lowest BCUT2D eigenvalue weighted by Crippen LogP contribution is -2.52. The molecule has 2 aromatic carbocycles.